The SMILES string of the molecule is Cc1ncnc2c1ncn2[C@@H]1O[C@H](CO)[C@H](O)[C@@H]1C=O. The number of aromatic nitrogens is 4. The number of hydrogen-bond acceptors (Lipinski definition) is 7. The van der Waals surface area contributed by atoms with Gasteiger partial charge in [-0.05, 0) is 6.92 Å². The maximum atomic E-state index is 11.2. The van der Waals surface area contributed by atoms with E-state index in [4.69, 9.17) is 4.74 Å². The van der Waals surface area contributed by atoms with Crippen LogP contribution in [0.15, 0.2) is 12.7 Å². The molecule has 1 aliphatic heterocycles. The lowest BCUT2D eigenvalue weighted by molar-refractivity contribution is -0.116. The average molecular weight is 278 g/mol. The molecule has 20 heavy (non-hydrogen) atoms. The topological polar surface area (TPSA) is 110 Å². The summed E-state index contributed by atoms with van der Waals surface area (Å²) in [6, 6.07) is 0. The molecule has 3 heterocycles. The van der Waals surface area contributed by atoms with E-state index >= 15 is 0 Å². The second-order valence-electron chi connectivity index (χ2n) is 4.73. The first kappa shape index (κ1) is 13.1. The lowest BCUT2D eigenvalue weighted by Crippen LogP contribution is -2.30. The van der Waals surface area contributed by atoms with Crippen LogP contribution in [0, 0.1) is 12.8 Å². The van der Waals surface area contributed by atoms with E-state index in [-0.39, 0.29) is 6.61 Å². The molecule has 3 rings (SSSR count). The third kappa shape index (κ3) is 1.80. The highest BCUT2D eigenvalue weighted by Gasteiger charge is 2.44. The van der Waals surface area contributed by atoms with Gasteiger partial charge in [0.25, 0.3) is 0 Å². The number of nitrogens with zero attached hydrogens (tertiary/aromatic N) is 4. The molecule has 4 atom stereocenters. The minimum atomic E-state index is -1.05. The third-order valence-corrected chi connectivity index (χ3v) is 3.57. The normalized spacial score (nSPS) is 29.9. The highest BCUT2D eigenvalue weighted by atomic mass is 16.5. The minimum Gasteiger partial charge on any atom is -0.394 e. The molecule has 106 valence electrons. The highest BCUT2D eigenvalue weighted by molar-refractivity contribution is 5.73. The summed E-state index contributed by atoms with van der Waals surface area (Å²) in [5.74, 6) is -0.778. The van der Waals surface area contributed by atoms with Crippen molar-refractivity contribution in [1.82, 2.24) is 19.5 Å². The zero-order valence-electron chi connectivity index (χ0n) is 10.7. The van der Waals surface area contributed by atoms with Gasteiger partial charge in [-0.2, -0.15) is 0 Å². The van der Waals surface area contributed by atoms with Crippen molar-refractivity contribution in [3.63, 3.8) is 0 Å². The molecule has 1 aliphatic rings. The molecule has 0 unspecified atom stereocenters. The Balaban J connectivity index is 2.06. The Kier molecular flexibility index (Phi) is 3.20. The molecule has 2 N–H and O–H groups in total. The molecule has 1 saturated heterocycles. The fraction of sp³-hybridized carbons (Fsp3) is 0.500. The van der Waals surface area contributed by atoms with Crippen molar-refractivity contribution in [3.05, 3.63) is 18.3 Å². The number of carbonyl (C=O) groups is 1. The zero-order valence-corrected chi connectivity index (χ0v) is 10.7. The van der Waals surface area contributed by atoms with Gasteiger partial charge in [0, 0.05) is 0 Å². The number of aliphatic hydroxyl groups is 2. The zero-order chi connectivity index (χ0) is 14.3. The van der Waals surface area contributed by atoms with Crippen molar-refractivity contribution in [2.24, 2.45) is 5.92 Å². The standard InChI is InChI=1S/C12H14N4O4/c1-6-9-11(14-4-13-6)16(5-15-9)12-7(2-17)10(19)8(3-18)20-12/h2,4-5,7-8,10,12,18-19H,3H2,1H3/t7-,8+,10+,12+/m0/s1. The van der Waals surface area contributed by atoms with E-state index in [0.717, 1.165) is 0 Å². The quantitative estimate of drug-likeness (QED) is 0.707. The number of aryl methyl sites for hydroxylation is 1. The lowest BCUT2D eigenvalue weighted by atomic mass is 10.0. The smallest absolute Gasteiger partial charge is 0.165 e. The Morgan fingerprint density at radius 3 is 2.95 bits per heavy atom. The van der Waals surface area contributed by atoms with Gasteiger partial charge in [0.05, 0.1) is 30.7 Å². The summed E-state index contributed by atoms with van der Waals surface area (Å²) in [7, 11) is 0. The number of hydrogen-bond donors (Lipinski definition) is 2. The van der Waals surface area contributed by atoms with E-state index in [1.54, 1.807) is 11.5 Å². The molecule has 0 bridgehead atoms. The summed E-state index contributed by atoms with van der Waals surface area (Å²) in [6.45, 7) is 1.45. The van der Waals surface area contributed by atoms with Crippen LogP contribution in [-0.2, 0) is 9.53 Å². The van der Waals surface area contributed by atoms with E-state index in [1.165, 1.54) is 12.7 Å². The maximum Gasteiger partial charge on any atom is 0.165 e. The molecule has 2 aromatic heterocycles. The molecule has 0 radical (unpaired) electrons. The molecule has 0 aromatic carbocycles. The van der Waals surface area contributed by atoms with Gasteiger partial charge in [0.1, 0.15) is 30.5 Å². The van der Waals surface area contributed by atoms with Gasteiger partial charge in [0.2, 0.25) is 0 Å². The van der Waals surface area contributed by atoms with Crippen LogP contribution in [0.2, 0.25) is 0 Å². The Morgan fingerprint density at radius 1 is 1.45 bits per heavy atom. The molecule has 1 fully saturated rings. The highest BCUT2D eigenvalue weighted by Crippen LogP contribution is 2.35. The predicted octanol–water partition coefficient (Wildman–Crippen LogP) is -0.800. The second kappa shape index (κ2) is 4.89. The molecule has 0 amide bonds. The van der Waals surface area contributed by atoms with Gasteiger partial charge >= 0.3 is 0 Å². The van der Waals surface area contributed by atoms with Crippen LogP contribution in [0.4, 0.5) is 0 Å². The first-order valence-electron chi connectivity index (χ1n) is 6.21. The summed E-state index contributed by atoms with van der Waals surface area (Å²) >= 11 is 0. The van der Waals surface area contributed by atoms with E-state index in [9.17, 15) is 15.0 Å². The third-order valence-electron chi connectivity index (χ3n) is 3.57. The number of rotatable bonds is 3. The fourth-order valence-electron chi connectivity index (χ4n) is 2.47. The first-order valence-corrected chi connectivity index (χ1v) is 6.21. The monoisotopic (exact) mass is 278 g/mol. The molecular weight excluding hydrogens is 264 g/mol. The van der Waals surface area contributed by atoms with Gasteiger partial charge in [-0.1, -0.05) is 0 Å². The van der Waals surface area contributed by atoms with E-state index in [2.05, 4.69) is 15.0 Å². The van der Waals surface area contributed by atoms with Crippen LogP contribution in [0.25, 0.3) is 11.2 Å². The van der Waals surface area contributed by atoms with Gasteiger partial charge < -0.3 is 19.7 Å². The summed E-state index contributed by atoms with van der Waals surface area (Å²) in [4.78, 5) is 23.6. The minimum absolute atomic E-state index is 0.358. The van der Waals surface area contributed by atoms with Gasteiger partial charge in [-0.15, -0.1) is 0 Å². The van der Waals surface area contributed by atoms with Crippen LogP contribution in [0.1, 0.15) is 11.9 Å². The molecule has 8 nitrogen and oxygen atoms in total. The molecule has 2 aromatic rings. The van der Waals surface area contributed by atoms with E-state index in [0.29, 0.717) is 23.1 Å². The van der Waals surface area contributed by atoms with E-state index < -0.39 is 24.4 Å². The maximum absolute atomic E-state index is 11.2. The van der Waals surface area contributed by atoms with Crippen LogP contribution < -0.4 is 0 Å². The Morgan fingerprint density at radius 2 is 2.25 bits per heavy atom. The molecule has 0 spiro atoms. The summed E-state index contributed by atoms with van der Waals surface area (Å²) in [5.41, 5.74) is 1.86. The number of fused-ring (bicyclic) bond motifs is 1. The number of ether oxygens (including phenoxy) is 1. The lowest BCUT2D eigenvalue weighted by Gasteiger charge is -2.16. The van der Waals surface area contributed by atoms with Crippen molar-refractivity contribution >= 4 is 17.5 Å². The molecule has 8 heteroatoms. The van der Waals surface area contributed by atoms with Crippen LogP contribution in [0.3, 0.4) is 0 Å². The van der Waals surface area contributed by atoms with Gasteiger partial charge in [0.15, 0.2) is 5.65 Å². The van der Waals surface area contributed by atoms with Crippen molar-refractivity contribution in [2.75, 3.05) is 6.61 Å². The van der Waals surface area contributed by atoms with Crippen LogP contribution >= 0.6 is 0 Å². The largest absolute Gasteiger partial charge is 0.394 e. The first-order chi connectivity index (χ1) is 9.67. The van der Waals surface area contributed by atoms with Crippen LogP contribution in [0.5, 0.6) is 0 Å². The van der Waals surface area contributed by atoms with Crippen LogP contribution in [-0.4, -0.2) is 54.8 Å². The van der Waals surface area contributed by atoms with Crippen molar-refractivity contribution in [2.45, 2.75) is 25.4 Å². The Hall–Kier alpha value is -1.90. The number of carbonyl (C=O) groups excluding carboxylic acids is 1. The van der Waals surface area contributed by atoms with Crippen molar-refractivity contribution in [3.8, 4) is 0 Å². The predicted molar refractivity (Wildman–Crippen MR) is 66.6 cm³/mol. The Labute approximate surface area is 114 Å². The fourth-order valence-corrected chi connectivity index (χ4v) is 2.47. The number of aliphatic hydroxyl groups excluding tert-OH is 2. The summed E-state index contributed by atoms with van der Waals surface area (Å²) < 4.78 is 7.14. The average Bonchev–Trinajstić information content (AvgIpc) is 3.00. The van der Waals surface area contributed by atoms with Crippen molar-refractivity contribution < 1.29 is 19.7 Å². The van der Waals surface area contributed by atoms with E-state index in [1.807, 2.05) is 0 Å². The number of aldehydes is 1. The summed E-state index contributed by atoms with van der Waals surface area (Å²) in [6.07, 6.45) is 0.948. The van der Waals surface area contributed by atoms with Gasteiger partial charge in [-0.3, -0.25) is 4.57 Å². The summed E-state index contributed by atoms with van der Waals surface area (Å²) in [5, 5.41) is 19.1. The number of imidazole rings is 1. The molecule has 0 saturated carbocycles. The molecular formula is C12H14N4O4. The van der Waals surface area contributed by atoms with Crippen molar-refractivity contribution in [1.29, 1.82) is 0 Å². The molecule has 0 aliphatic carbocycles. The van der Waals surface area contributed by atoms with Gasteiger partial charge in [-0.25, -0.2) is 15.0 Å². The second-order valence-corrected chi connectivity index (χ2v) is 4.73. The Bertz CT molecular complexity index is 643.